The van der Waals surface area contributed by atoms with Gasteiger partial charge in [0.15, 0.2) is 0 Å². The Kier molecular flexibility index (Phi) is 3.77. The molecule has 0 aliphatic heterocycles. The maximum absolute atomic E-state index is 10.4. The molecule has 0 saturated heterocycles. The molecule has 0 aliphatic rings. The molecule has 0 heterocycles. The van der Waals surface area contributed by atoms with Gasteiger partial charge in [-0.1, -0.05) is 0 Å². The summed E-state index contributed by atoms with van der Waals surface area (Å²) in [6, 6.07) is 28.8. The summed E-state index contributed by atoms with van der Waals surface area (Å²) in [6.45, 7) is 2.30. The Morgan fingerprint density at radius 1 is 0.619 bits per heavy atom. The van der Waals surface area contributed by atoms with Crippen LogP contribution in [-0.4, -0.2) is 11.8 Å². The van der Waals surface area contributed by atoms with Crippen molar-refractivity contribution in [2.45, 2.75) is 0 Å². The van der Waals surface area contributed by atoms with E-state index in [9.17, 15) is 5.11 Å². The average molecular weight is 294 g/mol. The third-order valence-corrected chi connectivity index (χ3v) is 8.62. The van der Waals surface area contributed by atoms with Gasteiger partial charge >= 0.3 is 126 Å². The topological polar surface area (TPSA) is 20.2 Å². The van der Waals surface area contributed by atoms with Gasteiger partial charge < -0.3 is 0 Å². The normalized spacial score (nSPS) is 12.0. The van der Waals surface area contributed by atoms with Crippen molar-refractivity contribution in [2.24, 2.45) is 0 Å². The van der Waals surface area contributed by atoms with Crippen LogP contribution in [0.25, 0.3) is 0 Å². The first kappa shape index (κ1) is 13.9. The van der Waals surface area contributed by atoms with E-state index in [2.05, 4.69) is 61.3 Å². The molecule has 1 nitrogen and oxygen atoms in total. The Hall–Kier alpha value is -2.11. The third kappa shape index (κ3) is 2.46. The molecule has 0 unspecified atom stereocenters. The first-order valence-electron chi connectivity index (χ1n) is 7.12. The molecule has 3 aromatic carbocycles. The molecule has 1 N–H and O–H groups in total. The summed E-state index contributed by atoms with van der Waals surface area (Å²) in [5.41, 5.74) is 0. The number of rotatable bonds is 3. The van der Waals surface area contributed by atoms with Gasteiger partial charge in [-0.25, -0.2) is 0 Å². The maximum atomic E-state index is 10.4. The van der Waals surface area contributed by atoms with E-state index in [0.717, 1.165) is 5.30 Å². The van der Waals surface area contributed by atoms with Crippen LogP contribution in [0.15, 0.2) is 84.9 Å². The van der Waals surface area contributed by atoms with Gasteiger partial charge in [-0.05, 0) is 0 Å². The second-order valence-corrected chi connectivity index (χ2v) is 9.32. The summed E-state index contributed by atoms with van der Waals surface area (Å²) in [6.07, 6.45) is 0. The van der Waals surface area contributed by atoms with Crippen LogP contribution in [0.2, 0.25) is 0 Å². The Morgan fingerprint density at radius 3 is 1.52 bits per heavy atom. The number of phenols is 1. The fraction of sp³-hybridized carbons (Fsp3) is 0.0526. The van der Waals surface area contributed by atoms with Crippen LogP contribution < -0.4 is 15.9 Å². The predicted octanol–water partition coefficient (Wildman–Crippen LogP) is 3.05. The molecule has 0 bridgehead atoms. The van der Waals surface area contributed by atoms with Crippen molar-refractivity contribution < 1.29 is 5.11 Å². The Morgan fingerprint density at radius 2 is 1.05 bits per heavy atom. The number of hydrogen-bond donors (Lipinski definition) is 1. The zero-order chi connectivity index (χ0) is 14.7. The molecule has 106 valence electrons. The van der Waals surface area contributed by atoms with Gasteiger partial charge in [0.2, 0.25) is 0 Å². The molecule has 3 rings (SSSR count). The fourth-order valence-corrected chi connectivity index (χ4v) is 6.62. The average Bonchev–Trinajstić information content (AvgIpc) is 2.56. The van der Waals surface area contributed by atoms with E-state index in [-0.39, 0.29) is 0 Å². The molecule has 3 aromatic rings. The molecule has 0 radical (unpaired) electrons. The molecule has 0 fully saturated rings. The van der Waals surface area contributed by atoms with E-state index >= 15 is 0 Å². The van der Waals surface area contributed by atoms with E-state index in [1.807, 2.05) is 24.3 Å². The van der Waals surface area contributed by atoms with Crippen LogP contribution in [0.5, 0.6) is 5.75 Å². The molecule has 0 atom stereocenters. The van der Waals surface area contributed by atoms with Crippen LogP contribution >= 0.6 is 7.26 Å². The van der Waals surface area contributed by atoms with Crippen molar-refractivity contribution in [2.75, 3.05) is 6.66 Å². The number of hydrogen-bond acceptors (Lipinski definition) is 1. The van der Waals surface area contributed by atoms with Gasteiger partial charge in [-0.3, -0.25) is 0 Å². The van der Waals surface area contributed by atoms with Crippen LogP contribution in [-0.2, 0) is 0 Å². The van der Waals surface area contributed by atoms with E-state index in [1.165, 1.54) is 10.6 Å². The van der Waals surface area contributed by atoms with Crippen molar-refractivity contribution in [1.82, 2.24) is 0 Å². The van der Waals surface area contributed by atoms with E-state index in [4.69, 9.17) is 0 Å². The minimum atomic E-state index is -2.17. The summed E-state index contributed by atoms with van der Waals surface area (Å²) >= 11 is 0. The third-order valence-electron chi connectivity index (χ3n) is 4.15. The zero-order valence-corrected chi connectivity index (χ0v) is 13.0. The molecular weight excluding hydrogens is 275 g/mol. The number of para-hydroxylation sites is 1. The monoisotopic (exact) mass is 294 g/mol. The molecule has 0 saturated carbocycles. The minimum absolute atomic E-state index is 0.388. The van der Waals surface area contributed by atoms with Crippen LogP contribution in [0.1, 0.15) is 0 Å². The van der Waals surface area contributed by atoms with Crippen molar-refractivity contribution >= 4 is 23.2 Å². The summed E-state index contributed by atoms with van der Waals surface area (Å²) in [7, 11) is -2.17. The molecular formula is C19H19OP. The van der Waals surface area contributed by atoms with Gasteiger partial charge in [0.1, 0.15) is 0 Å². The Labute approximate surface area is 126 Å². The molecule has 21 heavy (non-hydrogen) atoms. The first-order chi connectivity index (χ1) is 10.2. The van der Waals surface area contributed by atoms with Crippen LogP contribution in [0.3, 0.4) is 0 Å². The molecule has 2 heteroatoms. The molecule has 0 amide bonds. The Balaban J connectivity index is 2.29. The van der Waals surface area contributed by atoms with E-state index in [1.54, 1.807) is 6.07 Å². The molecule has 0 aromatic heterocycles. The van der Waals surface area contributed by atoms with Crippen molar-refractivity contribution in [1.29, 1.82) is 0 Å². The van der Waals surface area contributed by atoms with Gasteiger partial charge in [0.25, 0.3) is 0 Å². The van der Waals surface area contributed by atoms with Gasteiger partial charge in [0.05, 0.1) is 0 Å². The zero-order valence-electron chi connectivity index (χ0n) is 12.0. The summed E-state index contributed by atoms with van der Waals surface area (Å²) in [5.74, 6) is 0.388. The van der Waals surface area contributed by atoms with Crippen LogP contribution in [0.4, 0.5) is 0 Å². The van der Waals surface area contributed by atoms with Crippen molar-refractivity contribution in [3.05, 3.63) is 84.9 Å². The standard InChI is InChI=1S/C19H19OP/c1-21(16-10-4-2-5-11-16,17-12-6-3-7-13-17)19-15-9-8-14-18(19)20/h2-15,20-21H,1H3. The van der Waals surface area contributed by atoms with E-state index in [0.29, 0.717) is 5.75 Å². The predicted molar refractivity (Wildman–Crippen MR) is 94.1 cm³/mol. The summed E-state index contributed by atoms with van der Waals surface area (Å²) in [4.78, 5) is 0. The number of phenolic OH excluding ortho intramolecular Hbond substituents is 1. The van der Waals surface area contributed by atoms with E-state index < -0.39 is 7.26 Å². The first-order valence-corrected chi connectivity index (χ1v) is 9.62. The second kappa shape index (κ2) is 5.71. The fourth-order valence-electron chi connectivity index (χ4n) is 2.92. The number of aromatic hydroxyl groups is 1. The molecule has 0 spiro atoms. The summed E-state index contributed by atoms with van der Waals surface area (Å²) in [5, 5.41) is 14.1. The van der Waals surface area contributed by atoms with Gasteiger partial charge in [-0.15, -0.1) is 0 Å². The second-order valence-electron chi connectivity index (χ2n) is 5.37. The summed E-state index contributed by atoms with van der Waals surface area (Å²) < 4.78 is 0. The van der Waals surface area contributed by atoms with Gasteiger partial charge in [0, 0.05) is 0 Å². The van der Waals surface area contributed by atoms with Crippen LogP contribution in [0, 0.1) is 0 Å². The van der Waals surface area contributed by atoms with Gasteiger partial charge in [-0.2, -0.15) is 0 Å². The quantitative estimate of drug-likeness (QED) is 0.736. The molecule has 0 aliphatic carbocycles. The Bertz CT molecular complexity index is 683. The van der Waals surface area contributed by atoms with Crippen molar-refractivity contribution in [3.63, 3.8) is 0 Å². The van der Waals surface area contributed by atoms with Crippen molar-refractivity contribution in [3.8, 4) is 5.75 Å². The SMILES string of the molecule is C[PH](c1ccccc1)(c1ccccc1)c1ccccc1O. The number of benzene rings is 3.